The number of piperazine rings is 1. The van der Waals surface area contributed by atoms with Gasteiger partial charge in [-0.1, -0.05) is 0 Å². The third-order valence-corrected chi connectivity index (χ3v) is 4.11. The lowest BCUT2D eigenvalue weighted by Crippen LogP contribution is -2.45. The highest BCUT2D eigenvalue weighted by atomic mass is 19.1. The zero-order chi connectivity index (χ0) is 16.0. The van der Waals surface area contributed by atoms with Crippen LogP contribution in [0.5, 0.6) is 0 Å². The van der Waals surface area contributed by atoms with E-state index in [1.165, 1.54) is 16.6 Å². The molecular weight excluding hydrogens is 299 g/mol. The fourth-order valence-electron chi connectivity index (χ4n) is 2.78. The molecule has 1 aliphatic heterocycles. The Kier molecular flexibility index (Phi) is 3.06. The van der Waals surface area contributed by atoms with Crippen LogP contribution in [0, 0.1) is 17.1 Å². The first kappa shape index (κ1) is 13.8. The Morgan fingerprint density at radius 2 is 2.00 bits per heavy atom. The van der Waals surface area contributed by atoms with E-state index in [1.54, 1.807) is 0 Å². The van der Waals surface area contributed by atoms with Crippen molar-refractivity contribution in [3.63, 3.8) is 0 Å². The molecule has 3 aromatic rings. The van der Waals surface area contributed by atoms with Gasteiger partial charge in [0.25, 0.3) is 0 Å². The first-order chi connectivity index (χ1) is 11.2. The number of anilines is 1. The summed E-state index contributed by atoms with van der Waals surface area (Å²) in [6.45, 7) is 3.43. The molecule has 1 fully saturated rings. The Balaban J connectivity index is 1.94. The molecule has 0 N–H and O–H groups in total. The van der Waals surface area contributed by atoms with Crippen molar-refractivity contribution in [2.24, 2.45) is 0 Å². The molecule has 116 valence electrons. The molecule has 0 bridgehead atoms. The minimum atomic E-state index is -0.593. The van der Waals surface area contributed by atoms with Gasteiger partial charge < -0.3 is 9.80 Å². The van der Waals surface area contributed by atoms with Crippen LogP contribution < -0.4 is 4.90 Å². The maximum Gasteiger partial charge on any atom is 0.222 e. The normalized spacial score (nSPS) is 16.1. The zero-order valence-electron chi connectivity index (χ0n) is 12.4. The average molecular weight is 312 g/mol. The molecule has 23 heavy (non-hydrogen) atoms. The second kappa shape index (κ2) is 5.10. The van der Waals surface area contributed by atoms with E-state index < -0.39 is 5.82 Å². The Hall–Kier alpha value is -2.86. The largest absolute Gasteiger partial charge is 0.351 e. The standard InChI is InChI=1S/C14H13FN8/c1-21-2-4-22(5-3-21)13-14-18-19-20-23(14)12-6-9(8-16)10(15)7-11(12)17-13/h6-7H,2-5H2,1H3. The van der Waals surface area contributed by atoms with E-state index in [0.29, 0.717) is 22.5 Å². The average Bonchev–Trinajstić information content (AvgIpc) is 3.04. The Morgan fingerprint density at radius 1 is 1.22 bits per heavy atom. The van der Waals surface area contributed by atoms with Crippen LogP contribution in [-0.2, 0) is 0 Å². The maximum atomic E-state index is 13.9. The minimum Gasteiger partial charge on any atom is -0.351 e. The molecule has 1 aromatic carbocycles. The number of aromatic nitrogens is 5. The second-order valence-corrected chi connectivity index (χ2v) is 5.57. The Bertz CT molecular complexity index is 935. The van der Waals surface area contributed by atoms with E-state index in [9.17, 15) is 4.39 Å². The number of likely N-dealkylation sites (N-methyl/N-ethyl adjacent to an activating group) is 1. The summed E-state index contributed by atoms with van der Waals surface area (Å²) in [5.74, 6) is 0.0453. The van der Waals surface area contributed by atoms with E-state index in [2.05, 4.69) is 37.4 Å². The number of tetrazole rings is 1. The number of rotatable bonds is 1. The molecule has 0 unspecified atom stereocenters. The van der Waals surface area contributed by atoms with Crippen LogP contribution in [0.25, 0.3) is 16.7 Å². The molecule has 3 heterocycles. The van der Waals surface area contributed by atoms with Crippen molar-refractivity contribution in [3.05, 3.63) is 23.5 Å². The highest BCUT2D eigenvalue weighted by Crippen LogP contribution is 2.25. The fraction of sp³-hybridized carbons (Fsp3) is 0.357. The summed E-state index contributed by atoms with van der Waals surface area (Å²) in [5.41, 5.74) is 1.40. The van der Waals surface area contributed by atoms with Gasteiger partial charge >= 0.3 is 0 Å². The molecule has 9 heteroatoms. The van der Waals surface area contributed by atoms with Crippen LogP contribution >= 0.6 is 0 Å². The molecule has 0 aliphatic carbocycles. The summed E-state index contributed by atoms with van der Waals surface area (Å²) in [6, 6.07) is 4.51. The van der Waals surface area contributed by atoms with Gasteiger partial charge in [-0.15, -0.1) is 5.10 Å². The van der Waals surface area contributed by atoms with Crippen LogP contribution in [0.1, 0.15) is 5.56 Å². The van der Waals surface area contributed by atoms with E-state index in [1.807, 2.05) is 6.07 Å². The number of nitrogens with zero attached hydrogens (tertiary/aromatic N) is 8. The quantitative estimate of drug-likeness (QED) is 0.644. The number of hydrogen-bond acceptors (Lipinski definition) is 7. The van der Waals surface area contributed by atoms with Gasteiger partial charge in [-0.05, 0) is 23.5 Å². The highest BCUT2D eigenvalue weighted by molar-refractivity contribution is 5.83. The van der Waals surface area contributed by atoms with Gasteiger partial charge in [0.05, 0.1) is 16.6 Å². The number of nitriles is 1. The lowest BCUT2D eigenvalue weighted by Gasteiger charge is -2.33. The van der Waals surface area contributed by atoms with Crippen LogP contribution in [0.4, 0.5) is 10.2 Å². The molecule has 2 aromatic heterocycles. The van der Waals surface area contributed by atoms with Crippen LogP contribution in [0.2, 0.25) is 0 Å². The van der Waals surface area contributed by atoms with Gasteiger partial charge in [-0.25, -0.2) is 9.37 Å². The van der Waals surface area contributed by atoms with Crippen molar-refractivity contribution in [1.29, 1.82) is 5.26 Å². The number of fused-ring (bicyclic) bond motifs is 3. The molecule has 0 atom stereocenters. The molecule has 8 nitrogen and oxygen atoms in total. The molecular formula is C14H13FN8. The predicted molar refractivity (Wildman–Crippen MR) is 80.5 cm³/mol. The zero-order valence-corrected chi connectivity index (χ0v) is 12.4. The van der Waals surface area contributed by atoms with Crippen molar-refractivity contribution in [2.75, 3.05) is 38.1 Å². The summed E-state index contributed by atoms with van der Waals surface area (Å²) in [6.07, 6.45) is 0. The molecule has 0 spiro atoms. The van der Waals surface area contributed by atoms with Gasteiger partial charge in [0.1, 0.15) is 11.9 Å². The first-order valence-electron chi connectivity index (χ1n) is 7.22. The summed E-state index contributed by atoms with van der Waals surface area (Å²) >= 11 is 0. The van der Waals surface area contributed by atoms with Crippen molar-refractivity contribution in [2.45, 2.75) is 0 Å². The maximum absolute atomic E-state index is 13.9. The van der Waals surface area contributed by atoms with Crippen molar-refractivity contribution in [1.82, 2.24) is 29.9 Å². The number of halogens is 1. The lowest BCUT2D eigenvalue weighted by molar-refractivity contribution is 0.312. The summed E-state index contributed by atoms with van der Waals surface area (Å²) in [4.78, 5) is 8.89. The number of benzene rings is 1. The fourth-order valence-corrected chi connectivity index (χ4v) is 2.78. The van der Waals surface area contributed by atoms with Gasteiger partial charge in [0.2, 0.25) is 5.65 Å². The second-order valence-electron chi connectivity index (χ2n) is 5.57. The molecule has 0 radical (unpaired) electrons. The van der Waals surface area contributed by atoms with Gasteiger partial charge in [-0.2, -0.15) is 9.78 Å². The Labute approximate surface area is 130 Å². The van der Waals surface area contributed by atoms with Gasteiger partial charge in [0, 0.05) is 32.2 Å². The Morgan fingerprint density at radius 3 is 2.74 bits per heavy atom. The van der Waals surface area contributed by atoms with E-state index in [-0.39, 0.29) is 5.56 Å². The number of hydrogen-bond donors (Lipinski definition) is 0. The predicted octanol–water partition coefficient (Wildman–Crippen LogP) is 0.435. The molecule has 1 saturated heterocycles. The third-order valence-electron chi connectivity index (χ3n) is 4.11. The van der Waals surface area contributed by atoms with E-state index >= 15 is 0 Å². The van der Waals surface area contributed by atoms with Crippen molar-refractivity contribution < 1.29 is 4.39 Å². The summed E-state index contributed by atoms with van der Waals surface area (Å²) < 4.78 is 15.4. The van der Waals surface area contributed by atoms with Crippen LogP contribution in [0.3, 0.4) is 0 Å². The first-order valence-corrected chi connectivity index (χ1v) is 7.22. The van der Waals surface area contributed by atoms with Crippen LogP contribution in [-0.4, -0.2) is 63.2 Å². The van der Waals surface area contributed by atoms with E-state index in [4.69, 9.17) is 5.26 Å². The van der Waals surface area contributed by atoms with E-state index in [0.717, 1.165) is 26.2 Å². The lowest BCUT2D eigenvalue weighted by atomic mass is 10.2. The third kappa shape index (κ3) is 2.15. The minimum absolute atomic E-state index is 0.0524. The van der Waals surface area contributed by atoms with Crippen molar-refractivity contribution >= 4 is 22.5 Å². The highest BCUT2D eigenvalue weighted by Gasteiger charge is 2.21. The SMILES string of the molecule is CN1CCN(c2nc3cc(F)c(C#N)cc3n3nnnc23)CC1. The molecule has 0 amide bonds. The van der Waals surface area contributed by atoms with Crippen LogP contribution in [0.15, 0.2) is 12.1 Å². The smallest absolute Gasteiger partial charge is 0.222 e. The summed E-state index contributed by atoms with van der Waals surface area (Å²) in [5, 5.41) is 20.7. The summed E-state index contributed by atoms with van der Waals surface area (Å²) in [7, 11) is 2.07. The molecule has 4 rings (SSSR count). The molecule has 1 aliphatic rings. The topological polar surface area (TPSA) is 86.2 Å². The molecule has 0 saturated carbocycles. The van der Waals surface area contributed by atoms with Gasteiger partial charge in [-0.3, -0.25) is 0 Å². The van der Waals surface area contributed by atoms with Gasteiger partial charge in [0.15, 0.2) is 5.82 Å². The van der Waals surface area contributed by atoms with Crippen molar-refractivity contribution in [3.8, 4) is 6.07 Å². The monoisotopic (exact) mass is 312 g/mol.